The number of morpholine rings is 1. The molecular formula is C21H24ClN7O. The number of benzene rings is 1. The molecule has 1 aromatic carbocycles. The molecule has 0 aliphatic carbocycles. The Hall–Kier alpha value is -2.81. The highest BCUT2D eigenvalue weighted by molar-refractivity contribution is 6.35. The van der Waals surface area contributed by atoms with Crippen molar-refractivity contribution in [2.45, 2.75) is 19.9 Å². The van der Waals surface area contributed by atoms with Gasteiger partial charge in [-0.05, 0) is 23.9 Å². The molecule has 4 aromatic rings. The van der Waals surface area contributed by atoms with Crippen molar-refractivity contribution in [3.63, 3.8) is 0 Å². The molecule has 1 fully saturated rings. The summed E-state index contributed by atoms with van der Waals surface area (Å²) in [6.07, 6.45) is 3.87. The lowest BCUT2D eigenvalue weighted by Crippen LogP contribution is -2.36. The van der Waals surface area contributed by atoms with Crippen molar-refractivity contribution in [3.05, 3.63) is 53.3 Å². The average Bonchev–Trinajstić information content (AvgIpc) is 3.25. The monoisotopic (exact) mass is 425 g/mol. The van der Waals surface area contributed by atoms with E-state index in [-0.39, 0.29) is 0 Å². The zero-order chi connectivity index (χ0) is 20.9. The Morgan fingerprint density at radius 3 is 2.80 bits per heavy atom. The average molecular weight is 426 g/mol. The minimum Gasteiger partial charge on any atom is -0.382 e. The van der Waals surface area contributed by atoms with Crippen molar-refractivity contribution in [1.29, 1.82) is 0 Å². The highest BCUT2D eigenvalue weighted by Crippen LogP contribution is 2.27. The first-order chi connectivity index (χ1) is 14.7. The molecule has 9 heteroatoms. The minimum atomic E-state index is 0.433. The van der Waals surface area contributed by atoms with Crippen LogP contribution in [-0.4, -0.2) is 56.1 Å². The summed E-state index contributed by atoms with van der Waals surface area (Å²) in [5, 5.41) is 3.08. The lowest BCUT2D eigenvalue weighted by atomic mass is 10.1. The van der Waals surface area contributed by atoms with Gasteiger partial charge in [0.15, 0.2) is 11.5 Å². The number of fused-ring (bicyclic) bond motifs is 2. The minimum absolute atomic E-state index is 0.433. The van der Waals surface area contributed by atoms with Gasteiger partial charge in [-0.25, -0.2) is 15.0 Å². The van der Waals surface area contributed by atoms with E-state index in [1.54, 1.807) is 0 Å². The van der Waals surface area contributed by atoms with E-state index in [2.05, 4.69) is 43.9 Å². The van der Waals surface area contributed by atoms with Gasteiger partial charge in [0.25, 0.3) is 0 Å². The molecule has 0 bridgehead atoms. The van der Waals surface area contributed by atoms with Gasteiger partial charge in [-0.15, -0.1) is 0 Å². The molecule has 1 aliphatic rings. The van der Waals surface area contributed by atoms with Gasteiger partial charge in [0, 0.05) is 30.7 Å². The van der Waals surface area contributed by atoms with Crippen molar-refractivity contribution in [3.8, 4) is 0 Å². The van der Waals surface area contributed by atoms with E-state index in [4.69, 9.17) is 27.1 Å². The van der Waals surface area contributed by atoms with E-state index >= 15 is 0 Å². The van der Waals surface area contributed by atoms with Gasteiger partial charge in [0.1, 0.15) is 11.8 Å². The number of hydrogen-bond acceptors (Lipinski definition) is 7. The number of nitrogens with one attached hydrogen (secondary N) is 1. The van der Waals surface area contributed by atoms with Crippen LogP contribution >= 0.6 is 11.6 Å². The third-order valence-electron chi connectivity index (χ3n) is 5.03. The molecule has 1 aliphatic heterocycles. The van der Waals surface area contributed by atoms with Crippen LogP contribution in [0.15, 0.2) is 36.9 Å². The molecule has 3 N–H and O–H groups in total. The second-order valence-corrected chi connectivity index (χ2v) is 7.41. The van der Waals surface area contributed by atoms with Crippen LogP contribution in [0.25, 0.3) is 21.9 Å². The van der Waals surface area contributed by atoms with Crippen LogP contribution in [0, 0.1) is 0 Å². The van der Waals surface area contributed by atoms with E-state index < -0.39 is 0 Å². The van der Waals surface area contributed by atoms with Gasteiger partial charge >= 0.3 is 0 Å². The summed E-state index contributed by atoms with van der Waals surface area (Å²) in [5.74, 6) is 0.433. The number of nitrogen functional groups attached to an aromatic ring is 1. The predicted octanol–water partition coefficient (Wildman–Crippen LogP) is 3.22. The third-order valence-corrected chi connectivity index (χ3v) is 5.34. The number of pyridine rings is 1. The Balaban J connectivity index is 0.000000181. The molecule has 0 radical (unpaired) electrons. The van der Waals surface area contributed by atoms with Crippen LogP contribution < -0.4 is 5.73 Å². The first-order valence-electron chi connectivity index (χ1n) is 9.92. The zero-order valence-corrected chi connectivity index (χ0v) is 17.6. The fourth-order valence-corrected chi connectivity index (χ4v) is 3.75. The summed E-state index contributed by atoms with van der Waals surface area (Å²) < 4.78 is 5.41. The fourth-order valence-electron chi connectivity index (χ4n) is 3.46. The number of nitrogens with two attached hydrogens (primary N) is 1. The second-order valence-electron chi connectivity index (χ2n) is 7.00. The normalized spacial score (nSPS) is 14.6. The summed E-state index contributed by atoms with van der Waals surface area (Å²) in [6.45, 7) is 6.51. The maximum Gasteiger partial charge on any atom is 0.182 e. The number of anilines is 1. The summed E-state index contributed by atoms with van der Waals surface area (Å²) in [5.41, 5.74) is 9.00. The second kappa shape index (κ2) is 9.34. The van der Waals surface area contributed by atoms with Crippen molar-refractivity contribution < 1.29 is 4.74 Å². The molecule has 156 valence electrons. The summed E-state index contributed by atoms with van der Waals surface area (Å²) in [7, 11) is 0. The molecule has 3 aromatic heterocycles. The number of aryl methyl sites for hydroxylation is 1. The predicted molar refractivity (Wildman–Crippen MR) is 118 cm³/mol. The van der Waals surface area contributed by atoms with E-state index in [0.29, 0.717) is 17.0 Å². The van der Waals surface area contributed by atoms with Gasteiger partial charge in [0.05, 0.1) is 30.3 Å². The zero-order valence-electron chi connectivity index (χ0n) is 16.8. The SMILES string of the molecule is CCc1cc2cccc(Cl)c2c(CN2CCOCC2)n1.Nc1ncnc2nc[nH]c12. The molecule has 0 atom stereocenters. The van der Waals surface area contributed by atoms with Crippen LogP contribution in [0.2, 0.25) is 5.02 Å². The van der Waals surface area contributed by atoms with Crippen LogP contribution in [0.4, 0.5) is 5.82 Å². The smallest absolute Gasteiger partial charge is 0.182 e. The maximum absolute atomic E-state index is 6.39. The lowest BCUT2D eigenvalue weighted by Gasteiger charge is -2.26. The van der Waals surface area contributed by atoms with E-state index in [1.165, 1.54) is 18.0 Å². The van der Waals surface area contributed by atoms with Gasteiger partial charge in [-0.3, -0.25) is 9.88 Å². The van der Waals surface area contributed by atoms with E-state index in [1.807, 2.05) is 12.1 Å². The Bertz CT molecular complexity index is 1140. The molecule has 30 heavy (non-hydrogen) atoms. The van der Waals surface area contributed by atoms with Gasteiger partial charge in [-0.1, -0.05) is 30.7 Å². The molecule has 0 amide bonds. The van der Waals surface area contributed by atoms with Crippen molar-refractivity contribution in [2.24, 2.45) is 0 Å². The topological polar surface area (TPSA) is 106 Å². The molecule has 1 saturated heterocycles. The molecule has 5 rings (SSSR count). The number of hydrogen-bond donors (Lipinski definition) is 2. The quantitative estimate of drug-likeness (QED) is 0.519. The number of aromatic amines is 1. The number of H-pyrrole nitrogens is 1. The Morgan fingerprint density at radius 1 is 1.20 bits per heavy atom. The largest absolute Gasteiger partial charge is 0.382 e. The molecule has 0 spiro atoms. The number of nitrogens with zero attached hydrogens (tertiary/aromatic N) is 5. The summed E-state index contributed by atoms with van der Waals surface area (Å²) >= 11 is 6.39. The molecule has 0 saturated carbocycles. The van der Waals surface area contributed by atoms with Crippen LogP contribution in [0.1, 0.15) is 18.3 Å². The van der Waals surface area contributed by atoms with Gasteiger partial charge in [-0.2, -0.15) is 0 Å². The molecular weight excluding hydrogens is 402 g/mol. The standard InChI is InChI=1S/C16H19ClN2O.C5H5N5/c1-2-13-10-12-4-3-5-14(17)16(12)15(18-13)11-19-6-8-20-9-7-19;6-4-3-5(9-1-7-3)10-2-8-4/h3-5,10H,2,6-9,11H2,1H3;1-2H,(H3,6,7,8,9,10). The van der Waals surface area contributed by atoms with E-state index in [9.17, 15) is 0 Å². The van der Waals surface area contributed by atoms with Crippen LogP contribution in [0.3, 0.4) is 0 Å². The Labute approximate surface area is 179 Å². The van der Waals surface area contributed by atoms with Gasteiger partial charge in [0.2, 0.25) is 0 Å². The highest BCUT2D eigenvalue weighted by atomic mass is 35.5. The number of aromatic nitrogens is 5. The maximum atomic E-state index is 6.39. The lowest BCUT2D eigenvalue weighted by molar-refractivity contribution is 0.0338. The van der Waals surface area contributed by atoms with E-state index in [0.717, 1.165) is 61.1 Å². The first-order valence-corrected chi connectivity index (χ1v) is 10.3. The number of rotatable bonds is 3. The third kappa shape index (κ3) is 4.51. The number of halogens is 1. The first kappa shape index (κ1) is 20.5. The van der Waals surface area contributed by atoms with Gasteiger partial charge < -0.3 is 15.5 Å². The number of ether oxygens (including phenoxy) is 1. The van der Waals surface area contributed by atoms with Crippen LogP contribution in [-0.2, 0) is 17.7 Å². The van der Waals surface area contributed by atoms with Crippen molar-refractivity contribution in [1.82, 2.24) is 29.8 Å². The highest BCUT2D eigenvalue weighted by Gasteiger charge is 2.15. The molecule has 8 nitrogen and oxygen atoms in total. The summed E-state index contributed by atoms with van der Waals surface area (Å²) in [4.78, 5) is 21.6. The van der Waals surface area contributed by atoms with Crippen molar-refractivity contribution in [2.75, 3.05) is 32.0 Å². The van der Waals surface area contributed by atoms with Crippen molar-refractivity contribution >= 4 is 39.4 Å². The Morgan fingerprint density at radius 2 is 2.03 bits per heavy atom. The molecule has 0 unspecified atom stereocenters. The summed E-state index contributed by atoms with van der Waals surface area (Å²) in [6, 6.07) is 8.21. The number of imidazole rings is 1. The molecule has 4 heterocycles. The van der Waals surface area contributed by atoms with Crippen LogP contribution in [0.5, 0.6) is 0 Å². The fraction of sp³-hybridized carbons (Fsp3) is 0.333. The Kier molecular flexibility index (Phi) is 6.37.